The van der Waals surface area contributed by atoms with E-state index >= 15 is 0 Å². The molecule has 0 bridgehead atoms. The standard InChI is InChI=1S/C21H24ClN3O2/c1-16-6-8-17(9-7-16)14-21(27)25-12-10-24(11-13-25)15-20(26)23-19-5-3-2-4-18(19)22/h2-9H,10-15H2,1H3,(H,23,26)/p+1. The second-order valence-electron chi connectivity index (χ2n) is 7.00. The lowest BCUT2D eigenvalue weighted by molar-refractivity contribution is -0.895. The minimum Gasteiger partial charge on any atom is -0.331 e. The largest absolute Gasteiger partial charge is 0.331 e. The summed E-state index contributed by atoms with van der Waals surface area (Å²) in [5, 5.41) is 3.39. The molecule has 2 aromatic rings. The zero-order valence-corrected chi connectivity index (χ0v) is 16.3. The van der Waals surface area contributed by atoms with E-state index in [0.717, 1.165) is 18.7 Å². The Morgan fingerprint density at radius 3 is 2.41 bits per heavy atom. The number of hydrogen-bond donors (Lipinski definition) is 2. The van der Waals surface area contributed by atoms with Crippen molar-refractivity contribution in [2.75, 3.05) is 38.0 Å². The monoisotopic (exact) mass is 386 g/mol. The van der Waals surface area contributed by atoms with Crippen molar-refractivity contribution < 1.29 is 14.5 Å². The number of quaternary nitrogens is 1. The lowest BCUT2D eigenvalue weighted by Crippen LogP contribution is -3.15. The van der Waals surface area contributed by atoms with Gasteiger partial charge in [-0.15, -0.1) is 0 Å². The molecule has 5 nitrogen and oxygen atoms in total. The Bertz CT molecular complexity index is 799. The predicted molar refractivity (Wildman–Crippen MR) is 107 cm³/mol. The Labute approximate surface area is 164 Å². The number of amides is 2. The van der Waals surface area contributed by atoms with Crippen molar-refractivity contribution in [2.45, 2.75) is 13.3 Å². The number of carbonyl (C=O) groups excluding carboxylic acids is 2. The Kier molecular flexibility index (Phi) is 6.48. The molecule has 6 heteroatoms. The first-order chi connectivity index (χ1) is 13.0. The second kappa shape index (κ2) is 9.02. The van der Waals surface area contributed by atoms with Crippen molar-refractivity contribution >= 4 is 29.1 Å². The van der Waals surface area contributed by atoms with Crippen LogP contribution in [0.4, 0.5) is 5.69 Å². The van der Waals surface area contributed by atoms with Crippen LogP contribution in [0.25, 0.3) is 0 Å². The van der Waals surface area contributed by atoms with E-state index in [4.69, 9.17) is 11.6 Å². The smallest absolute Gasteiger partial charge is 0.279 e. The highest BCUT2D eigenvalue weighted by Crippen LogP contribution is 2.19. The maximum atomic E-state index is 12.5. The van der Waals surface area contributed by atoms with Crippen LogP contribution in [0.3, 0.4) is 0 Å². The summed E-state index contributed by atoms with van der Waals surface area (Å²) in [7, 11) is 0. The van der Waals surface area contributed by atoms with E-state index in [0.29, 0.717) is 36.8 Å². The number of benzene rings is 2. The molecule has 0 radical (unpaired) electrons. The van der Waals surface area contributed by atoms with Gasteiger partial charge >= 0.3 is 0 Å². The molecule has 2 aromatic carbocycles. The van der Waals surface area contributed by atoms with Crippen molar-refractivity contribution in [3.05, 3.63) is 64.7 Å². The van der Waals surface area contributed by atoms with Crippen molar-refractivity contribution in [3.63, 3.8) is 0 Å². The van der Waals surface area contributed by atoms with Gasteiger partial charge in [0, 0.05) is 0 Å². The van der Waals surface area contributed by atoms with E-state index in [1.165, 1.54) is 10.5 Å². The fourth-order valence-corrected chi connectivity index (χ4v) is 3.41. The predicted octanol–water partition coefficient (Wildman–Crippen LogP) is 1.56. The highest BCUT2D eigenvalue weighted by molar-refractivity contribution is 6.33. The van der Waals surface area contributed by atoms with Gasteiger partial charge in [0.05, 0.1) is 43.3 Å². The summed E-state index contributed by atoms with van der Waals surface area (Å²) < 4.78 is 0. The van der Waals surface area contributed by atoms with Crippen LogP contribution in [-0.2, 0) is 16.0 Å². The topological polar surface area (TPSA) is 53.9 Å². The zero-order valence-electron chi connectivity index (χ0n) is 15.5. The molecule has 27 heavy (non-hydrogen) atoms. The number of para-hydroxylation sites is 1. The van der Waals surface area contributed by atoms with Gasteiger partial charge in [0.15, 0.2) is 6.54 Å². The van der Waals surface area contributed by atoms with Crippen molar-refractivity contribution in [1.82, 2.24) is 4.90 Å². The summed E-state index contributed by atoms with van der Waals surface area (Å²) in [6, 6.07) is 15.3. The van der Waals surface area contributed by atoms with Crippen LogP contribution in [0.2, 0.25) is 5.02 Å². The van der Waals surface area contributed by atoms with E-state index in [1.54, 1.807) is 12.1 Å². The van der Waals surface area contributed by atoms with Gasteiger partial charge in [0.1, 0.15) is 0 Å². The van der Waals surface area contributed by atoms with Crippen LogP contribution < -0.4 is 10.2 Å². The van der Waals surface area contributed by atoms with Crippen LogP contribution >= 0.6 is 11.6 Å². The lowest BCUT2D eigenvalue weighted by atomic mass is 10.1. The van der Waals surface area contributed by atoms with E-state index in [1.807, 2.05) is 48.2 Å². The number of piperazine rings is 1. The first-order valence-corrected chi connectivity index (χ1v) is 9.60. The maximum absolute atomic E-state index is 12.5. The summed E-state index contributed by atoms with van der Waals surface area (Å²) in [4.78, 5) is 27.8. The molecule has 142 valence electrons. The molecule has 1 aliphatic rings. The molecule has 1 heterocycles. The van der Waals surface area contributed by atoms with E-state index in [9.17, 15) is 9.59 Å². The molecule has 2 amide bonds. The lowest BCUT2D eigenvalue weighted by Gasteiger charge is -2.32. The third-order valence-electron chi connectivity index (χ3n) is 4.86. The van der Waals surface area contributed by atoms with Crippen LogP contribution in [0, 0.1) is 6.92 Å². The van der Waals surface area contributed by atoms with Gasteiger partial charge < -0.3 is 15.1 Å². The molecule has 0 saturated carbocycles. The Morgan fingerprint density at radius 2 is 1.74 bits per heavy atom. The van der Waals surface area contributed by atoms with Gasteiger partial charge in [-0.1, -0.05) is 53.6 Å². The van der Waals surface area contributed by atoms with Gasteiger partial charge in [0.2, 0.25) is 5.91 Å². The first-order valence-electron chi connectivity index (χ1n) is 9.22. The molecule has 0 aliphatic carbocycles. The minimum atomic E-state index is -0.0578. The van der Waals surface area contributed by atoms with Crippen LogP contribution in [0.1, 0.15) is 11.1 Å². The summed E-state index contributed by atoms with van der Waals surface area (Å²) in [5.74, 6) is 0.0935. The van der Waals surface area contributed by atoms with Gasteiger partial charge in [-0.25, -0.2) is 0 Å². The average molecular weight is 387 g/mol. The highest BCUT2D eigenvalue weighted by atomic mass is 35.5. The molecule has 0 atom stereocenters. The molecule has 1 saturated heterocycles. The SMILES string of the molecule is Cc1ccc(CC(=O)N2CC[NH+](CC(=O)Nc3ccccc3Cl)CC2)cc1. The number of rotatable bonds is 5. The number of hydrogen-bond acceptors (Lipinski definition) is 2. The maximum Gasteiger partial charge on any atom is 0.279 e. The number of carbonyl (C=O) groups is 2. The molecule has 1 fully saturated rings. The molecule has 2 N–H and O–H groups in total. The molecule has 0 aromatic heterocycles. The van der Waals surface area contributed by atoms with Gasteiger partial charge in [0.25, 0.3) is 5.91 Å². The minimum absolute atomic E-state index is 0.0578. The molecule has 3 rings (SSSR count). The van der Waals surface area contributed by atoms with Crippen LogP contribution in [0.15, 0.2) is 48.5 Å². The normalized spacial score (nSPS) is 14.8. The van der Waals surface area contributed by atoms with E-state index in [2.05, 4.69) is 5.32 Å². The summed E-state index contributed by atoms with van der Waals surface area (Å²) in [5.41, 5.74) is 2.87. The summed E-state index contributed by atoms with van der Waals surface area (Å²) in [6.07, 6.45) is 0.433. The Balaban J connectivity index is 1.44. The van der Waals surface area contributed by atoms with E-state index < -0.39 is 0 Å². The third kappa shape index (κ3) is 5.55. The summed E-state index contributed by atoms with van der Waals surface area (Å²) in [6.45, 7) is 5.32. The third-order valence-corrected chi connectivity index (χ3v) is 5.19. The number of nitrogens with zero attached hydrogens (tertiary/aromatic N) is 1. The van der Waals surface area contributed by atoms with Crippen LogP contribution in [0.5, 0.6) is 0 Å². The summed E-state index contributed by atoms with van der Waals surface area (Å²) >= 11 is 6.07. The fraction of sp³-hybridized carbons (Fsp3) is 0.333. The number of anilines is 1. The number of halogens is 1. The molecular weight excluding hydrogens is 362 g/mol. The number of nitrogens with one attached hydrogen (secondary N) is 2. The van der Waals surface area contributed by atoms with E-state index in [-0.39, 0.29) is 11.8 Å². The highest BCUT2D eigenvalue weighted by Gasteiger charge is 2.25. The van der Waals surface area contributed by atoms with Crippen molar-refractivity contribution in [3.8, 4) is 0 Å². The molecule has 0 spiro atoms. The van der Waals surface area contributed by atoms with Gasteiger partial charge in [-0.05, 0) is 24.6 Å². The van der Waals surface area contributed by atoms with Crippen LogP contribution in [-0.4, -0.2) is 49.4 Å². The van der Waals surface area contributed by atoms with Gasteiger partial charge in [-0.2, -0.15) is 0 Å². The molecule has 1 aliphatic heterocycles. The van der Waals surface area contributed by atoms with Crippen molar-refractivity contribution in [1.29, 1.82) is 0 Å². The Morgan fingerprint density at radius 1 is 1.07 bits per heavy atom. The quantitative estimate of drug-likeness (QED) is 0.819. The molecular formula is C21H25ClN3O2+. The first kappa shape index (κ1) is 19.4. The average Bonchev–Trinajstić information content (AvgIpc) is 2.66. The van der Waals surface area contributed by atoms with Gasteiger partial charge in [-0.3, -0.25) is 9.59 Å². The number of aryl methyl sites for hydroxylation is 1. The second-order valence-corrected chi connectivity index (χ2v) is 7.41. The fourth-order valence-electron chi connectivity index (χ4n) is 3.23. The zero-order chi connectivity index (χ0) is 19.2. The molecule has 0 unspecified atom stereocenters. The van der Waals surface area contributed by atoms with Crippen molar-refractivity contribution in [2.24, 2.45) is 0 Å². The Hall–Kier alpha value is -2.37.